The maximum Gasteiger partial charge on any atom is 0.294 e. The molecule has 0 radical (unpaired) electrons. The van der Waals surface area contributed by atoms with E-state index in [0.29, 0.717) is 35.5 Å². The minimum atomic E-state index is -0.184. The highest BCUT2D eigenvalue weighted by molar-refractivity contribution is 9.10. The third-order valence-corrected chi connectivity index (χ3v) is 5.31. The van der Waals surface area contributed by atoms with Crippen LogP contribution in [0, 0.1) is 11.8 Å². The third kappa shape index (κ3) is 2.88. The molecule has 9 heteroatoms. The maximum atomic E-state index is 12.9. The highest BCUT2D eigenvalue weighted by Crippen LogP contribution is 2.16. The van der Waals surface area contributed by atoms with E-state index >= 15 is 0 Å². The summed E-state index contributed by atoms with van der Waals surface area (Å²) in [4.78, 5) is 19.3. The molecule has 0 atom stereocenters. The Morgan fingerprint density at radius 1 is 1.40 bits per heavy atom. The molecular formula is C16H13BrN6OS. The predicted octanol–water partition coefficient (Wildman–Crippen LogP) is 0.327. The summed E-state index contributed by atoms with van der Waals surface area (Å²) in [6, 6.07) is 0. The van der Waals surface area contributed by atoms with E-state index < -0.39 is 0 Å². The summed E-state index contributed by atoms with van der Waals surface area (Å²) in [5.74, 6) is 5.81. The van der Waals surface area contributed by atoms with Crippen LogP contribution in [0.25, 0.3) is 23.3 Å². The molecule has 0 bridgehead atoms. The lowest BCUT2D eigenvalue weighted by atomic mass is 10.3. The van der Waals surface area contributed by atoms with Crippen molar-refractivity contribution in [2.24, 2.45) is 0 Å². The average Bonchev–Trinajstić information content (AvgIpc) is 3.19. The lowest BCUT2D eigenvalue weighted by molar-refractivity contribution is 0.337. The van der Waals surface area contributed by atoms with Crippen LogP contribution in [0.15, 0.2) is 21.9 Å². The van der Waals surface area contributed by atoms with Crippen LogP contribution in [0.5, 0.6) is 0 Å². The Balaban J connectivity index is 1.74. The first-order chi connectivity index (χ1) is 12.2. The second-order valence-electron chi connectivity index (χ2n) is 5.47. The topological polar surface area (TPSA) is 68.8 Å². The Labute approximate surface area is 155 Å². The van der Waals surface area contributed by atoms with Crippen molar-refractivity contribution in [3.63, 3.8) is 0 Å². The van der Waals surface area contributed by atoms with Crippen LogP contribution in [0.4, 0.5) is 0 Å². The van der Waals surface area contributed by atoms with Crippen molar-refractivity contribution in [2.75, 3.05) is 6.54 Å². The fourth-order valence-electron chi connectivity index (χ4n) is 2.69. The molecule has 126 valence electrons. The van der Waals surface area contributed by atoms with Crippen LogP contribution in [0.2, 0.25) is 0 Å². The van der Waals surface area contributed by atoms with Gasteiger partial charge in [0.15, 0.2) is 4.73 Å². The van der Waals surface area contributed by atoms with Crippen molar-refractivity contribution in [2.45, 2.75) is 20.1 Å². The van der Waals surface area contributed by atoms with Crippen LogP contribution in [-0.4, -0.2) is 35.1 Å². The molecule has 0 saturated heterocycles. The first-order valence-corrected chi connectivity index (χ1v) is 9.12. The fourth-order valence-corrected chi connectivity index (χ4v) is 3.82. The number of aromatic nitrogens is 5. The molecule has 1 aliphatic rings. The fraction of sp³-hybridized carbons (Fsp3) is 0.250. The summed E-state index contributed by atoms with van der Waals surface area (Å²) < 4.78 is 9.13. The molecule has 4 rings (SSSR count). The quantitative estimate of drug-likeness (QED) is 0.575. The first kappa shape index (κ1) is 16.1. The minimum Gasteiger partial charge on any atom is -0.354 e. The van der Waals surface area contributed by atoms with Gasteiger partial charge in [0.25, 0.3) is 5.56 Å². The third-order valence-electron chi connectivity index (χ3n) is 3.89. The van der Waals surface area contributed by atoms with Gasteiger partial charge in [-0.15, -0.1) is 5.92 Å². The zero-order valence-electron chi connectivity index (χ0n) is 13.3. The number of fused-ring (bicyclic) bond motifs is 2. The molecule has 3 aromatic rings. The van der Waals surface area contributed by atoms with Gasteiger partial charge in [0.2, 0.25) is 0 Å². The van der Waals surface area contributed by atoms with E-state index in [9.17, 15) is 4.79 Å². The normalized spacial score (nSPS) is 13.0. The second kappa shape index (κ2) is 6.46. The van der Waals surface area contributed by atoms with Gasteiger partial charge in [0, 0.05) is 24.2 Å². The van der Waals surface area contributed by atoms with Crippen LogP contribution in [0.1, 0.15) is 6.92 Å². The lowest BCUT2D eigenvalue weighted by Crippen LogP contribution is -2.37. The Bertz CT molecular complexity index is 1200. The molecule has 0 saturated carbocycles. The van der Waals surface area contributed by atoms with Gasteiger partial charge in [-0.3, -0.25) is 4.79 Å². The number of nitrogens with zero attached hydrogens (tertiary/aromatic N) is 6. The molecule has 0 aliphatic carbocycles. The number of halogens is 1. The van der Waals surface area contributed by atoms with E-state index in [0.717, 1.165) is 9.75 Å². The van der Waals surface area contributed by atoms with Gasteiger partial charge >= 0.3 is 0 Å². The largest absolute Gasteiger partial charge is 0.354 e. The molecule has 0 aromatic carbocycles. The van der Waals surface area contributed by atoms with Gasteiger partial charge in [-0.1, -0.05) is 5.92 Å². The van der Waals surface area contributed by atoms with Gasteiger partial charge in [0.05, 0.1) is 17.3 Å². The van der Waals surface area contributed by atoms with E-state index in [1.54, 1.807) is 17.7 Å². The summed E-state index contributed by atoms with van der Waals surface area (Å²) in [7, 11) is 0. The van der Waals surface area contributed by atoms with Crippen LogP contribution >= 0.6 is 27.5 Å². The second-order valence-corrected chi connectivity index (χ2v) is 7.01. The van der Waals surface area contributed by atoms with Gasteiger partial charge in [-0.2, -0.15) is 9.47 Å². The molecular weight excluding hydrogens is 404 g/mol. The van der Waals surface area contributed by atoms with Gasteiger partial charge < -0.3 is 9.47 Å². The Hall–Kier alpha value is -2.44. The summed E-state index contributed by atoms with van der Waals surface area (Å²) >= 11 is 4.87. The molecule has 3 aromatic heterocycles. The summed E-state index contributed by atoms with van der Waals surface area (Å²) in [6.45, 7) is 3.25. The zero-order valence-corrected chi connectivity index (χ0v) is 15.7. The van der Waals surface area contributed by atoms with Gasteiger partial charge in [-0.05, 0) is 40.5 Å². The Morgan fingerprint density at radius 3 is 3.12 bits per heavy atom. The van der Waals surface area contributed by atoms with Crippen LogP contribution in [0.3, 0.4) is 0 Å². The van der Waals surface area contributed by atoms with E-state index in [2.05, 4.69) is 48.3 Å². The molecule has 25 heavy (non-hydrogen) atoms. The summed E-state index contributed by atoms with van der Waals surface area (Å²) in [5.41, 5.74) is 0.879. The monoisotopic (exact) mass is 416 g/mol. The molecule has 4 heterocycles. The van der Waals surface area contributed by atoms with Crippen molar-refractivity contribution >= 4 is 50.8 Å². The highest BCUT2D eigenvalue weighted by Gasteiger charge is 2.15. The predicted molar refractivity (Wildman–Crippen MR) is 99.9 cm³/mol. The smallest absolute Gasteiger partial charge is 0.294 e. The molecule has 0 amide bonds. The summed E-state index contributed by atoms with van der Waals surface area (Å²) in [6.07, 6.45) is 7.56. The molecule has 1 aliphatic heterocycles. The molecule has 7 nitrogen and oxygen atoms in total. The van der Waals surface area contributed by atoms with E-state index in [1.807, 2.05) is 17.3 Å². The maximum absolute atomic E-state index is 12.9. The molecule has 0 spiro atoms. The van der Waals surface area contributed by atoms with E-state index in [-0.39, 0.29) is 5.56 Å². The van der Waals surface area contributed by atoms with Gasteiger partial charge in [0.1, 0.15) is 17.7 Å². The van der Waals surface area contributed by atoms with Crippen molar-refractivity contribution in [1.29, 1.82) is 0 Å². The van der Waals surface area contributed by atoms with Crippen LogP contribution in [-0.2, 0) is 13.2 Å². The van der Waals surface area contributed by atoms with Gasteiger partial charge in [-0.25, -0.2) is 9.67 Å². The first-order valence-electron chi connectivity index (χ1n) is 7.55. The summed E-state index contributed by atoms with van der Waals surface area (Å²) in [5, 5.41) is 5.33. The number of hydrogen-bond donors (Lipinski definition) is 0. The lowest BCUT2D eigenvalue weighted by Gasteiger charge is -2.20. The molecule has 0 fully saturated rings. The zero-order chi connectivity index (χ0) is 17.4. The van der Waals surface area contributed by atoms with E-state index in [4.69, 9.17) is 0 Å². The number of imidazole rings is 1. The number of hydrogen-bond acceptors (Lipinski definition) is 6. The molecule has 0 N–H and O–H groups in total. The Kier molecular flexibility index (Phi) is 4.15. The minimum absolute atomic E-state index is 0.184. The molecule has 0 unspecified atom stereocenters. The number of rotatable bonds is 3. The SMILES string of the molecule is CC#CCn1c(Br)nc2cnn(CN3C=c4cnsc4=CC3)c(=O)c21. The van der Waals surface area contributed by atoms with E-state index in [1.165, 1.54) is 16.2 Å². The van der Waals surface area contributed by atoms with Crippen molar-refractivity contribution in [3.8, 4) is 11.8 Å². The van der Waals surface area contributed by atoms with Crippen LogP contribution < -0.4 is 15.3 Å². The van der Waals surface area contributed by atoms with Crippen molar-refractivity contribution in [1.82, 2.24) is 28.6 Å². The Morgan fingerprint density at radius 2 is 2.28 bits per heavy atom. The highest BCUT2D eigenvalue weighted by atomic mass is 79.9. The standard InChI is InChI=1S/C16H13BrN6OS/c1-2-3-5-22-14-12(20-16(22)17)8-18-23(15(14)24)10-21-6-4-13-11(9-21)7-19-25-13/h4,7-9H,5-6,10H2,1H3. The van der Waals surface area contributed by atoms with Crippen molar-refractivity contribution in [3.05, 3.63) is 37.2 Å². The average molecular weight is 417 g/mol. The van der Waals surface area contributed by atoms with Crippen molar-refractivity contribution < 1.29 is 0 Å².